The van der Waals surface area contributed by atoms with Gasteiger partial charge in [0.25, 0.3) is 10.0 Å². The number of fused-ring (bicyclic) bond motifs is 1. The Morgan fingerprint density at radius 2 is 1.86 bits per heavy atom. The molecule has 1 unspecified atom stereocenters. The Morgan fingerprint density at radius 1 is 1.11 bits per heavy atom. The Hall–Kier alpha value is -1.74. The molecule has 0 amide bonds. The molecule has 2 aromatic carbocycles. The predicted octanol–water partition coefficient (Wildman–Crippen LogP) is 4.85. The summed E-state index contributed by atoms with van der Waals surface area (Å²) in [4.78, 5) is 0.154. The van der Waals surface area contributed by atoms with Gasteiger partial charge in [0.1, 0.15) is 5.75 Å². The Balaban J connectivity index is 1.65. The fourth-order valence-electron chi connectivity index (χ4n) is 4.93. The number of nitrogens with zero attached hydrogens (tertiary/aromatic N) is 1. The number of hydrogen-bond acceptors (Lipinski definition) is 6. The molecule has 0 aliphatic carbocycles. The van der Waals surface area contributed by atoms with Crippen molar-refractivity contribution in [3.8, 4) is 5.75 Å². The van der Waals surface area contributed by atoms with Crippen LogP contribution in [0.4, 0.5) is 5.69 Å². The zero-order valence-corrected chi connectivity index (χ0v) is 22.5. The summed E-state index contributed by atoms with van der Waals surface area (Å²) in [5.41, 5.74) is 1.84. The topological polar surface area (TPSA) is 87.1 Å². The van der Waals surface area contributed by atoms with Gasteiger partial charge >= 0.3 is 0 Å². The molecule has 192 valence electrons. The maximum Gasteiger partial charge on any atom is 0.264 e. The van der Waals surface area contributed by atoms with Gasteiger partial charge in [-0.05, 0) is 98.8 Å². The number of anilines is 1. The summed E-state index contributed by atoms with van der Waals surface area (Å²) in [6.07, 6.45) is 4.41. The number of thioether (sulfide) groups is 1. The molecular formula is C27H37NO5S2. The average molecular weight is 520 g/mol. The minimum Gasteiger partial charge on any atom is -0.493 e. The van der Waals surface area contributed by atoms with Gasteiger partial charge in [-0.15, -0.1) is 0 Å². The molecule has 2 aromatic rings. The summed E-state index contributed by atoms with van der Waals surface area (Å²) >= 11 is 1.97. The Morgan fingerprint density at radius 3 is 2.51 bits per heavy atom. The molecule has 35 heavy (non-hydrogen) atoms. The summed E-state index contributed by atoms with van der Waals surface area (Å²) in [6, 6.07) is 10.2. The minimum atomic E-state index is -3.87. The molecule has 2 aliphatic rings. The highest BCUT2D eigenvalue weighted by Gasteiger charge is 2.36. The van der Waals surface area contributed by atoms with Gasteiger partial charge < -0.3 is 14.9 Å². The molecule has 0 radical (unpaired) electrons. The van der Waals surface area contributed by atoms with E-state index in [9.17, 15) is 18.6 Å². The molecule has 2 N–H and O–H groups in total. The fourth-order valence-corrected chi connectivity index (χ4v) is 7.97. The number of aliphatic hydroxyl groups excluding tert-OH is 1. The van der Waals surface area contributed by atoms with E-state index in [0.29, 0.717) is 42.4 Å². The van der Waals surface area contributed by atoms with Crippen molar-refractivity contribution in [2.24, 2.45) is 5.92 Å². The molecule has 4 rings (SSSR count). The second-order valence-corrected chi connectivity index (χ2v) is 13.1. The second kappa shape index (κ2) is 10.7. The van der Waals surface area contributed by atoms with Crippen molar-refractivity contribution < 1.29 is 23.4 Å². The third kappa shape index (κ3) is 5.66. The van der Waals surface area contributed by atoms with Crippen LogP contribution in [0.3, 0.4) is 0 Å². The number of rotatable bonds is 8. The van der Waals surface area contributed by atoms with Crippen LogP contribution in [0, 0.1) is 5.92 Å². The first-order valence-corrected chi connectivity index (χ1v) is 15.1. The summed E-state index contributed by atoms with van der Waals surface area (Å²) < 4.78 is 35.4. The van der Waals surface area contributed by atoms with E-state index in [4.69, 9.17) is 4.74 Å². The Bertz CT molecular complexity index is 1140. The highest BCUT2D eigenvalue weighted by Crippen LogP contribution is 2.39. The lowest BCUT2D eigenvalue weighted by Crippen LogP contribution is -2.43. The van der Waals surface area contributed by atoms with Crippen LogP contribution in [0.15, 0.2) is 41.3 Å². The van der Waals surface area contributed by atoms with E-state index in [1.165, 1.54) is 4.31 Å². The first-order valence-electron chi connectivity index (χ1n) is 12.5. The zero-order chi connectivity index (χ0) is 25.2. The minimum absolute atomic E-state index is 0.154. The summed E-state index contributed by atoms with van der Waals surface area (Å²) in [7, 11) is -3.87. The maximum absolute atomic E-state index is 13.9. The van der Waals surface area contributed by atoms with Crippen molar-refractivity contribution in [2.75, 3.05) is 22.4 Å². The third-order valence-electron chi connectivity index (χ3n) is 7.15. The smallest absolute Gasteiger partial charge is 0.264 e. The summed E-state index contributed by atoms with van der Waals surface area (Å²) in [5.74, 6) is 3.33. The van der Waals surface area contributed by atoms with Crippen LogP contribution >= 0.6 is 11.8 Å². The van der Waals surface area contributed by atoms with Gasteiger partial charge in [0.2, 0.25) is 0 Å². The lowest BCUT2D eigenvalue weighted by atomic mass is 9.90. The first kappa shape index (κ1) is 26.3. The van der Waals surface area contributed by atoms with E-state index in [1.54, 1.807) is 38.1 Å². The van der Waals surface area contributed by atoms with Crippen LogP contribution in [0.25, 0.3) is 0 Å². The van der Waals surface area contributed by atoms with Crippen molar-refractivity contribution in [1.82, 2.24) is 0 Å². The molecule has 2 aliphatic heterocycles. The van der Waals surface area contributed by atoms with E-state index in [2.05, 4.69) is 0 Å². The molecule has 0 spiro atoms. The predicted molar refractivity (Wildman–Crippen MR) is 142 cm³/mol. The van der Waals surface area contributed by atoms with Crippen molar-refractivity contribution in [3.05, 3.63) is 53.1 Å². The molecular weight excluding hydrogens is 482 g/mol. The SMILES string of the molecule is CCC1CCc2cc(C(C)(C)O)ccc2N1S(=O)(=O)c1ccc(OCC2CCSCC2)c(CO)c1. The van der Waals surface area contributed by atoms with Gasteiger partial charge in [0, 0.05) is 11.6 Å². The standard InChI is InChI=1S/C27H37NO5S2/c1-4-23-7-5-20-15-22(27(2,3)30)6-9-25(20)28(23)35(31,32)24-8-10-26(21(16-24)17-29)33-18-19-11-13-34-14-12-19/h6,8-10,15-16,19,23,29-30H,4-5,7,11-14,17-18H2,1-3H3. The van der Waals surface area contributed by atoms with E-state index in [0.717, 1.165) is 41.9 Å². The number of benzene rings is 2. The lowest BCUT2D eigenvalue weighted by Gasteiger charge is -2.38. The number of hydrogen-bond donors (Lipinski definition) is 2. The highest BCUT2D eigenvalue weighted by molar-refractivity contribution is 7.99. The summed E-state index contributed by atoms with van der Waals surface area (Å²) in [5, 5.41) is 20.4. The van der Waals surface area contributed by atoms with Crippen LogP contribution in [-0.4, -0.2) is 42.8 Å². The van der Waals surface area contributed by atoms with Crippen LogP contribution in [0.2, 0.25) is 0 Å². The lowest BCUT2D eigenvalue weighted by molar-refractivity contribution is 0.0785. The zero-order valence-electron chi connectivity index (χ0n) is 20.9. The van der Waals surface area contributed by atoms with Gasteiger partial charge in [-0.2, -0.15) is 11.8 Å². The average Bonchev–Trinajstić information content (AvgIpc) is 2.86. The van der Waals surface area contributed by atoms with Gasteiger partial charge in [-0.3, -0.25) is 4.31 Å². The van der Waals surface area contributed by atoms with E-state index in [1.807, 2.05) is 30.8 Å². The normalized spacial score (nSPS) is 19.5. The Kier molecular flexibility index (Phi) is 8.05. The van der Waals surface area contributed by atoms with Crippen molar-refractivity contribution >= 4 is 27.5 Å². The van der Waals surface area contributed by atoms with Crippen LogP contribution in [-0.2, 0) is 28.7 Å². The van der Waals surface area contributed by atoms with Crippen molar-refractivity contribution in [1.29, 1.82) is 0 Å². The van der Waals surface area contributed by atoms with Crippen LogP contribution < -0.4 is 9.04 Å². The highest BCUT2D eigenvalue weighted by atomic mass is 32.2. The van der Waals surface area contributed by atoms with E-state index >= 15 is 0 Å². The summed E-state index contributed by atoms with van der Waals surface area (Å²) in [6.45, 7) is 5.76. The maximum atomic E-state index is 13.9. The molecule has 0 aromatic heterocycles. The molecule has 2 heterocycles. The van der Waals surface area contributed by atoms with Gasteiger partial charge in [-0.1, -0.05) is 19.1 Å². The third-order valence-corrected chi connectivity index (χ3v) is 10.1. The largest absolute Gasteiger partial charge is 0.493 e. The number of aliphatic hydroxyl groups is 2. The molecule has 6 nitrogen and oxygen atoms in total. The molecule has 0 saturated carbocycles. The second-order valence-electron chi connectivity index (χ2n) is 10.1. The number of sulfonamides is 1. The molecule has 0 bridgehead atoms. The first-order chi connectivity index (χ1) is 16.6. The molecule has 1 saturated heterocycles. The van der Waals surface area contributed by atoms with Crippen molar-refractivity contribution in [2.45, 2.75) is 76.0 Å². The van der Waals surface area contributed by atoms with Gasteiger partial charge in [0.15, 0.2) is 0 Å². The van der Waals surface area contributed by atoms with Crippen molar-refractivity contribution in [3.63, 3.8) is 0 Å². The number of ether oxygens (including phenoxy) is 1. The fraction of sp³-hybridized carbons (Fsp3) is 0.556. The van der Waals surface area contributed by atoms with E-state index < -0.39 is 15.6 Å². The van der Waals surface area contributed by atoms with Crippen LogP contribution in [0.1, 0.15) is 63.1 Å². The van der Waals surface area contributed by atoms with Gasteiger partial charge in [0.05, 0.1) is 29.4 Å². The molecule has 1 atom stereocenters. The van der Waals surface area contributed by atoms with Gasteiger partial charge in [-0.25, -0.2) is 8.42 Å². The molecule has 1 fully saturated rings. The van der Waals surface area contributed by atoms with Crippen LogP contribution in [0.5, 0.6) is 5.75 Å². The monoisotopic (exact) mass is 519 g/mol. The van der Waals surface area contributed by atoms with E-state index in [-0.39, 0.29) is 17.5 Å². The Labute approximate surface area is 213 Å². The number of aryl methyl sites for hydroxylation is 1. The molecule has 8 heteroatoms. The quantitative estimate of drug-likeness (QED) is 0.519.